The van der Waals surface area contributed by atoms with Crippen molar-refractivity contribution in [2.75, 3.05) is 11.4 Å². The molecule has 0 radical (unpaired) electrons. The minimum atomic E-state index is -0.282. The van der Waals surface area contributed by atoms with E-state index in [-0.39, 0.29) is 11.2 Å². The molecule has 2 aromatic carbocycles. The molecule has 3 heterocycles. The third-order valence-corrected chi connectivity index (χ3v) is 6.46. The first-order valence-electron chi connectivity index (χ1n) is 10.8. The largest absolute Gasteiger partial charge is 0.325 e. The molecule has 0 N–H and O–H groups in total. The fraction of sp³-hybridized carbons (Fsp3) is 0.320. The molecule has 1 fully saturated rings. The summed E-state index contributed by atoms with van der Waals surface area (Å²) in [6.07, 6.45) is 4.32. The van der Waals surface area contributed by atoms with E-state index < -0.39 is 0 Å². The van der Waals surface area contributed by atoms with Crippen molar-refractivity contribution in [3.63, 3.8) is 0 Å². The number of rotatable bonds is 1. The summed E-state index contributed by atoms with van der Waals surface area (Å²) in [5, 5.41) is 9.18. The molecular formula is C25H22FN5. The molecule has 0 spiro atoms. The summed E-state index contributed by atoms with van der Waals surface area (Å²) in [5.74, 6) is 8.60. The van der Waals surface area contributed by atoms with Gasteiger partial charge in [-0.05, 0) is 75.4 Å². The molecule has 0 unspecified atom stereocenters. The maximum atomic E-state index is 14.3. The van der Waals surface area contributed by atoms with Crippen LogP contribution >= 0.6 is 0 Å². The molecule has 6 rings (SSSR count). The van der Waals surface area contributed by atoms with E-state index in [0.29, 0.717) is 5.78 Å². The summed E-state index contributed by atoms with van der Waals surface area (Å²) in [6, 6.07) is 11.1. The summed E-state index contributed by atoms with van der Waals surface area (Å²) < 4.78 is 16.2. The van der Waals surface area contributed by atoms with E-state index in [1.807, 2.05) is 11.3 Å². The Morgan fingerprint density at radius 3 is 2.84 bits per heavy atom. The molecule has 4 aromatic rings. The van der Waals surface area contributed by atoms with Gasteiger partial charge in [0.15, 0.2) is 0 Å². The maximum absolute atomic E-state index is 14.3. The molecule has 0 atom stereocenters. The van der Waals surface area contributed by atoms with Crippen molar-refractivity contribution < 1.29 is 4.39 Å². The highest BCUT2D eigenvalue weighted by atomic mass is 19.1. The molecule has 5 nitrogen and oxygen atoms in total. The Kier molecular flexibility index (Phi) is 3.85. The van der Waals surface area contributed by atoms with E-state index in [2.05, 4.69) is 52.1 Å². The Morgan fingerprint density at radius 1 is 1.13 bits per heavy atom. The van der Waals surface area contributed by atoms with Crippen molar-refractivity contribution in [1.29, 1.82) is 0 Å². The van der Waals surface area contributed by atoms with Crippen LogP contribution in [0.2, 0.25) is 0 Å². The second-order valence-corrected chi connectivity index (χ2v) is 8.85. The van der Waals surface area contributed by atoms with Crippen LogP contribution < -0.4 is 4.90 Å². The fourth-order valence-electron chi connectivity index (χ4n) is 4.44. The van der Waals surface area contributed by atoms with Gasteiger partial charge < -0.3 is 4.90 Å². The van der Waals surface area contributed by atoms with Gasteiger partial charge in [0.2, 0.25) is 0 Å². The summed E-state index contributed by atoms with van der Waals surface area (Å²) in [4.78, 5) is 7.01. The second-order valence-electron chi connectivity index (χ2n) is 8.85. The number of benzene rings is 2. The smallest absolute Gasteiger partial charge is 0.257 e. The highest BCUT2D eigenvalue weighted by Gasteiger charge is 2.35. The van der Waals surface area contributed by atoms with Crippen molar-refractivity contribution in [2.45, 2.75) is 39.5 Å². The van der Waals surface area contributed by atoms with Gasteiger partial charge in [-0.15, -0.1) is 10.2 Å². The minimum absolute atomic E-state index is 0.183. The van der Waals surface area contributed by atoms with E-state index in [4.69, 9.17) is 4.98 Å². The fourth-order valence-corrected chi connectivity index (χ4v) is 4.44. The lowest BCUT2D eigenvalue weighted by molar-refractivity contribution is 0.629. The maximum Gasteiger partial charge on any atom is 0.257 e. The zero-order valence-corrected chi connectivity index (χ0v) is 17.6. The quantitative estimate of drug-likeness (QED) is 0.415. The molecule has 31 heavy (non-hydrogen) atoms. The lowest BCUT2D eigenvalue weighted by Gasteiger charge is -2.32. The number of fused-ring (bicyclic) bond motifs is 4. The molecule has 0 amide bonds. The van der Waals surface area contributed by atoms with Crippen molar-refractivity contribution in [3.8, 4) is 11.8 Å². The minimum Gasteiger partial charge on any atom is -0.325 e. The number of anilines is 2. The molecule has 1 aliphatic heterocycles. The van der Waals surface area contributed by atoms with E-state index in [1.165, 1.54) is 24.5 Å². The Morgan fingerprint density at radius 2 is 2.00 bits per heavy atom. The SMILES string of the molecule is Cc1nnc2nc(N3CCCc4c(C#CC5(C)CC5)cccc43)c3cc(F)ccc3n12. The van der Waals surface area contributed by atoms with Crippen LogP contribution in [0.3, 0.4) is 0 Å². The van der Waals surface area contributed by atoms with Crippen LogP contribution in [0.15, 0.2) is 36.4 Å². The van der Waals surface area contributed by atoms with Crippen molar-refractivity contribution in [2.24, 2.45) is 5.41 Å². The summed E-state index contributed by atoms with van der Waals surface area (Å²) in [7, 11) is 0. The highest BCUT2D eigenvalue weighted by Crippen LogP contribution is 2.44. The van der Waals surface area contributed by atoms with Crippen LogP contribution in [-0.2, 0) is 6.42 Å². The van der Waals surface area contributed by atoms with Crippen LogP contribution in [0.4, 0.5) is 15.9 Å². The average Bonchev–Trinajstić information content (AvgIpc) is 3.40. The summed E-state index contributed by atoms with van der Waals surface area (Å²) in [5.41, 5.74) is 4.47. The number of halogens is 1. The summed E-state index contributed by atoms with van der Waals surface area (Å²) in [6.45, 7) is 4.91. The summed E-state index contributed by atoms with van der Waals surface area (Å²) >= 11 is 0. The Hall–Kier alpha value is -3.46. The Labute approximate surface area is 179 Å². The number of hydrogen-bond donors (Lipinski definition) is 0. The van der Waals surface area contributed by atoms with Crippen LogP contribution in [-0.4, -0.2) is 26.1 Å². The Bertz CT molecular complexity index is 1420. The van der Waals surface area contributed by atoms with Crippen molar-refractivity contribution in [3.05, 3.63) is 59.2 Å². The van der Waals surface area contributed by atoms with Gasteiger partial charge in [-0.3, -0.25) is 4.40 Å². The van der Waals surface area contributed by atoms with Gasteiger partial charge in [0.1, 0.15) is 17.5 Å². The highest BCUT2D eigenvalue weighted by molar-refractivity contribution is 5.94. The first-order chi connectivity index (χ1) is 15.0. The van der Waals surface area contributed by atoms with Crippen LogP contribution in [0.1, 0.15) is 43.1 Å². The van der Waals surface area contributed by atoms with Gasteiger partial charge in [0.25, 0.3) is 5.78 Å². The van der Waals surface area contributed by atoms with Crippen LogP contribution in [0, 0.1) is 30.0 Å². The topological polar surface area (TPSA) is 46.3 Å². The molecule has 1 saturated carbocycles. The predicted octanol–water partition coefficient (Wildman–Crippen LogP) is 4.96. The number of aromatic nitrogens is 4. The molecule has 154 valence electrons. The number of aryl methyl sites for hydroxylation is 1. The molecule has 0 bridgehead atoms. The molecule has 6 heteroatoms. The van der Waals surface area contributed by atoms with Gasteiger partial charge in [-0.1, -0.05) is 17.9 Å². The van der Waals surface area contributed by atoms with Gasteiger partial charge in [-0.2, -0.15) is 4.98 Å². The average molecular weight is 411 g/mol. The molecule has 2 aliphatic rings. The number of hydrogen-bond acceptors (Lipinski definition) is 4. The number of nitrogens with zero attached hydrogens (tertiary/aromatic N) is 5. The predicted molar refractivity (Wildman–Crippen MR) is 119 cm³/mol. The van der Waals surface area contributed by atoms with Gasteiger partial charge in [0, 0.05) is 28.6 Å². The van der Waals surface area contributed by atoms with Gasteiger partial charge in [0.05, 0.1) is 5.52 Å². The van der Waals surface area contributed by atoms with E-state index >= 15 is 0 Å². The normalized spacial score (nSPS) is 16.8. The first-order valence-corrected chi connectivity index (χ1v) is 10.8. The molecule has 0 saturated heterocycles. The first kappa shape index (κ1) is 18.3. The lowest BCUT2D eigenvalue weighted by Crippen LogP contribution is -2.26. The zero-order valence-electron chi connectivity index (χ0n) is 17.6. The third-order valence-electron chi connectivity index (χ3n) is 6.46. The van der Waals surface area contributed by atoms with E-state index in [0.717, 1.165) is 53.2 Å². The molecule has 1 aliphatic carbocycles. The standard InChI is InChI=1S/C25H22FN5/c1-16-28-29-24-27-23(20-15-18(26)8-9-22(20)31(16)24)30-14-4-6-19-17(5-3-7-21(19)30)10-11-25(2)12-13-25/h3,5,7-9,15H,4,6,12-14H2,1-2H3. The zero-order chi connectivity index (χ0) is 21.2. The van der Waals surface area contributed by atoms with Gasteiger partial charge in [-0.25, -0.2) is 4.39 Å². The van der Waals surface area contributed by atoms with E-state index in [9.17, 15) is 4.39 Å². The van der Waals surface area contributed by atoms with Crippen molar-refractivity contribution in [1.82, 2.24) is 19.6 Å². The van der Waals surface area contributed by atoms with Crippen molar-refractivity contribution >= 4 is 28.2 Å². The van der Waals surface area contributed by atoms with Crippen LogP contribution in [0.5, 0.6) is 0 Å². The van der Waals surface area contributed by atoms with E-state index in [1.54, 1.807) is 12.1 Å². The lowest BCUT2D eigenvalue weighted by atomic mass is 9.95. The Balaban J connectivity index is 1.56. The third kappa shape index (κ3) is 2.96. The monoisotopic (exact) mass is 411 g/mol. The van der Waals surface area contributed by atoms with Gasteiger partial charge >= 0.3 is 0 Å². The second kappa shape index (κ2) is 6.52. The van der Waals surface area contributed by atoms with Crippen LogP contribution in [0.25, 0.3) is 16.7 Å². The molecular weight excluding hydrogens is 389 g/mol. The molecule has 2 aromatic heterocycles.